The number of aryl methyl sites for hydroxylation is 1. The highest BCUT2D eigenvalue weighted by Gasteiger charge is 2.15. The number of pyridine rings is 1. The predicted molar refractivity (Wildman–Crippen MR) is 83.5 cm³/mol. The molecule has 2 heterocycles. The van der Waals surface area contributed by atoms with Crippen LogP contribution in [0.5, 0.6) is 0 Å². The summed E-state index contributed by atoms with van der Waals surface area (Å²) < 4.78 is 0. The second kappa shape index (κ2) is 5.58. The van der Waals surface area contributed by atoms with Crippen LogP contribution >= 0.6 is 11.6 Å². The van der Waals surface area contributed by atoms with Crippen molar-refractivity contribution in [2.24, 2.45) is 0 Å². The molecule has 0 bridgehead atoms. The van der Waals surface area contributed by atoms with Crippen LogP contribution in [0.25, 0.3) is 10.9 Å². The number of hydrogen-bond donors (Lipinski definition) is 2. The molecule has 0 aliphatic rings. The number of carbonyl (C=O) groups excluding carboxylic acids is 1. The van der Waals surface area contributed by atoms with Gasteiger partial charge in [0.2, 0.25) is 0 Å². The Bertz CT molecular complexity index is 796. The fraction of sp³-hybridized carbons (Fsp3) is 0.125. The highest BCUT2D eigenvalue weighted by molar-refractivity contribution is 6.31. The van der Waals surface area contributed by atoms with Gasteiger partial charge in [-0.3, -0.25) is 9.78 Å². The van der Waals surface area contributed by atoms with Crippen molar-refractivity contribution in [2.45, 2.75) is 13.5 Å². The van der Waals surface area contributed by atoms with Crippen LogP contribution in [0.2, 0.25) is 5.02 Å². The van der Waals surface area contributed by atoms with Gasteiger partial charge in [0, 0.05) is 40.6 Å². The van der Waals surface area contributed by atoms with Crippen molar-refractivity contribution >= 4 is 28.4 Å². The van der Waals surface area contributed by atoms with E-state index in [2.05, 4.69) is 15.3 Å². The molecule has 0 saturated heterocycles. The monoisotopic (exact) mass is 299 g/mol. The molecule has 0 saturated carbocycles. The third-order valence-corrected chi connectivity index (χ3v) is 3.61. The number of carbonyl (C=O) groups is 1. The Morgan fingerprint density at radius 1 is 1.29 bits per heavy atom. The van der Waals surface area contributed by atoms with Crippen molar-refractivity contribution in [3.8, 4) is 0 Å². The molecule has 21 heavy (non-hydrogen) atoms. The molecule has 5 heteroatoms. The minimum atomic E-state index is -0.0992. The van der Waals surface area contributed by atoms with Gasteiger partial charge in [0.25, 0.3) is 5.91 Å². The van der Waals surface area contributed by atoms with E-state index in [0.29, 0.717) is 17.1 Å². The summed E-state index contributed by atoms with van der Waals surface area (Å²) in [6.45, 7) is 2.36. The Morgan fingerprint density at radius 2 is 2.05 bits per heavy atom. The zero-order chi connectivity index (χ0) is 14.8. The highest BCUT2D eigenvalue weighted by Crippen LogP contribution is 2.25. The first-order valence-electron chi connectivity index (χ1n) is 6.60. The van der Waals surface area contributed by atoms with Gasteiger partial charge in [-0.15, -0.1) is 0 Å². The predicted octanol–water partition coefficient (Wildman–Crippen LogP) is 3.45. The van der Waals surface area contributed by atoms with E-state index < -0.39 is 0 Å². The number of H-pyrrole nitrogens is 1. The second-order valence-corrected chi connectivity index (χ2v) is 5.29. The molecule has 0 atom stereocenters. The van der Waals surface area contributed by atoms with Crippen LogP contribution in [0.4, 0.5) is 0 Å². The number of hydrogen-bond acceptors (Lipinski definition) is 2. The Labute approximate surface area is 127 Å². The number of aromatic amines is 1. The van der Waals surface area contributed by atoms with Crippen molar-refractivity contribution in [3.63, 3.8) is 0 Å². The van der Waals surface area contributed by atoms with Gasteiger partial charge in [-0.1, -0.05) is 17.7 Å². The van der Waals surface area contributed by atoms with E-state index in [-0.39, 0.29) is 5.91 Å². The molecule has 3 rings (SSSR count). The van der Waals surface area contributed by atoms with Gasteiger partial charge >= 0.3 is 0 Å². The zero-order valence-corrected chi connectivity index (χ0v) is 12.2. The quantitative estimate of drug-likeness (QED) is 0.778. The third kappa shape index (κ3) is 2.76. The van der Waals surface area contributed by atoms with Crippen molar-refractivity contribution in [3.05, 3.63) is 64.6 Å². The maximum atomic E-state index is 12.4. The molecule has 2 N–H and O–H groups in total. The fourth-order valence-electron chi connectivity index (χ4n) is 2.37. The van der Waals surface area contributed by atoms with Gasteiger partial charge in [0.05, 0.1) is 5.56 Å². The smallest absolute Gasteiger partial charge is 0.253 e. The lowest BCUT2D eigenvalue weighted by Crippen LogP contribution is -2.23. The largest absolute Gasteiger partial charge is 0.358 e. The molecule has 0 aliphatic carbocycles. The number of fused-ring (bicyclic) bond motifs is 1. The van der Waals surface area contributed by atoms with Crippen LogP contribution in [-0.2, 0) is 6.54 Å². The molecule has 1 amide bonds. The van der Waals surface area contributed by atoms with Crippen LogP contribution in [0.3, 0.4) is 0 Å². The lowest BCUT2D eigenvalue weighted by Gasteiger charge is -2.05. The van der Waals surface area contributed by atoms with E-state index in [1.807, 2.05) is 31.2 Å². The molecule has 3 aromatic rings. The van der Waals surface area contributed by atoms with Gasteiger partial charge in [-0.25, -0.2) is 0 Å². The Hall–Kier alpha value is -2.33. The molecule has 2 aromatic heterocycles. The van der Waals surface area contributed by atoms with Gasteiger partial charge < -0.3 is 10.3 Å². The van der Waals surface area contributed by atoms with Crippen LogP contribution in [0.1, 0.15) is 21.6 Å². The molecule has 0 fully saturated rings. The minimum absolute atomic E-state index is 0.0992. The van der Waals surface area contributed by atoms with E-state index in [1.165, 1.54) is 0 Å². The van der Waals surface area contributed by atoms with Crippen molar-refractivity contribution in [2.75, 3.05) is 0 Å². The summed E-state index contributed by atoms with van der Waals surface area (Å²) >= 11 is 5.97. The number of nitrogens with zero attached hydrogens (tertiary/aromatic N) is 1. The number of aromatic nitrogens is 2. The maximum absolute atomic E-state index is 12.4. The maximum Gasteiger partial charge on any atom is 0.253 e. The van der Waals surface area contributed by atoms with Crippen LogP contribution < -0.4 is 5.32 Å². The second-order valence-electron chi connectivity index (χ2n) is 4.85. The number of halogens is 1. The Morgan fingerprint density at radius 3 is 2.81 bits per heavy atom. The fourth-order valence-corrected chi connectivity index (χ4v) is 2.54. The molecule has 0 spiro atoms. The molecular weight excluding hydrogens is 286 g/mol. The summed E-state index contributed by atoms with van der Waals surface area (Å²) in [5.74, 6) is -0.0992. The lowest BCUT2D eigenvalue weighted by molar-refractivity contribution is 0.0952. The van der Waals surface area contributed by atoms with E-state index in [1.54, 1.807) is 18.5 Å². The number of amides is 1. The molecule has 0 unspecified atom stereocenters. The van der Waals surface area contributed by atoms with Gasteiger partial charge in [0.1, 0.15) is 0 Å². The third-order valence-electron chi connectivity index (χ3n) is 3.38. The Balaban J connectivity index is 1.86. The van der Waals surface area contributed by atoms with E-state index in [9.17, 15) is 4.79 Å². The SMILES string of the molecule is Cc1[nH]c2cc(Cl)ccc2c1C(=O)NCc1ccncc1. The molecule has 0 aliphatic heterocycles. The number of benzene rings is 1. The number of rotatable bonds is 3. The van der Waals surface area contributed by atoms with E-state index in [4.69, 9.17) is 11.6 Å². The molecule has 4 nitrogen and oxygen atoms in total. The topological polar surface area (TPSA) is 57.8 Å². The summed E-state index contributed by atoms with van der Waals surface area (Å²) in [5, 5.41) is 4.45. The molecule has 1 aromatic carbocycles. The first kappa shape index (κ1) is 13.6. The highest BCUT2D eigenvalue weighted by atomic mass is 35.5. The number of nitrogens with one attached hydrogen (secondary N) is 2. The Kier molecular flexibility index (Phi) is 3.62. The summed E-state index contributed by atoms with van der Waals surface area (Å²) in [6.07, 6.45) is 3.42. The molecule has 106 valence electrons. The average Bonchev–Trinajstić information content (AvgIpc) is 2.81. The summed E-state index contributed by atoms with van der Waals surface area (Å²) in [5.41, 5.74) is 3.38. The lowest BCUT2D eigenvalue weighted by atomic mass is 10.1. The van der Waals surface area contributed by atoms with Gasteiger partial charge in [-0.2, -0.15) is 0 Å². The normalized spacial score (nSPS) is 10.8. The van der Waals surface area contributed by atoms with Crippen molar-refractivity contribution < 1.29 is 4.79 Å². The van der Waals surface area contributed by atoms with Crippen LogP contribution in [-0.4, -0.2) is 15.9 Å². The summed E-state index contributed by atoms with van der Waals surface area (Å²) in [6, 6.07) is 9.23. The van der Waals surface area contributed by atoms with Crippen molar-refractivity contribution in [1.29, 1.82) is 0 Å². The minimum Gasteiger partial charge on any atom is -0.358 e. The molecule has 0 radical (unpaired) electrons. The first-order chi connectivity index (χ1) is 10.1. The van der Waals surface area contributed by atoms with Crippen LogP contribution in [0.15, 0.2) is 42.7 Å². The summed E-state index contributed by atoms with van der Waals surface area (Å²) in [7, 11) is 0. The zero-order valence-electron chi connectivity index (χ0n) is 11.5. The molecular formula is C16H14ClN3O. The first-order valence-corrected chi connectivity index (χ1v) is 6.98. The van der Waals surface area contributed by atoms with Gasteiger partial charge in [-0.05, 0) is 36.8 Å². The van der Waals surface area contributed by atoms with E-state index in [0.717, 1.165) is 22.2 Å². The van der Waals surface area contributed by atoms with Crippen LogP contribution in [0, 0.1) is 6.92 Å². The van der Waals surface area contributed by atoms with E-state index >= 15 is 0 Å². The average molecular weight is 300 g/mol. The summed E-state index contributed by atoms with van der Waals surface area (Å²) in [4.78, 5) is 19.6. The standard InChI is InChI=1S/C16H14ClN3O/c1-10-15(13-3-2-12(17)8-14(13)20-10)16(21)19-9-11-4-6-18-7-5-11/h2-8,20H,9H2,1H3,(H,19,21). The van der Waals surface area contributed by atoms with Gasteiger partial charge in [0.15, 0.2) is 0 Å². The van der Waals surface area contributed by atoms with Crippen molar-refractivity contribution in [1.82, 2.24) is 15.3 Å².